The van der Waals surface area contributed by atoms with Gasteiger partial charge in [0.25, 0.3) is 0 Å². The molecular formula is C15H16FNO. The SMILES string of the molecule is CCOc1ccccc1C(N)c1ccc(F)cc1. The van der Waals surface area contributed by atoms with Crippen molar-refractivity contribution in [3.63, 3.8) is 0 Å². The van der Waals surface area contributed by atoms with Crippen LogP contribution in [0.5, 0.6) is 5.75 Å². The molecule has 94 valence electrons. The fourth-order valence-electron chi connectivity index (χ4n) is 1.87. The zero-order valence-electron chi connectivity index (χ0n) is 10.3. The maximum Gasteiger partial charge on any atom is 0.124 e. The molecule has 2 aromatic carbocycles. The quantitative estimate of drug-likeness (QED) is 0.897. The van der Waals surface area contributed by atoms with Gasteiger partial charge in [-0.2, -0.15) is 0 Å². The van der Waals surface area contributed by atoms with Gasteiger partial charge in [-0.25, -0.2) is 4.39 Å². The lowest BCUT2D eigenvalue weighted by atomic mass is 9.99. The lowest BCUT2D eigenvalue weighted by Gasteiger charge is -2.16. The van der Waals surface area contributed by atoms with Crippen molar-refractivity contribution in [1.82, 2.24) is 0 Å². The number of nitrogens with two attached hydrogens (primary N) is 1. The van der Waals surface area contributed by atoms with E-state index in [-0.39, 0.29) is 11.9 Å². The maximum absolute atomic E-state index is 12.9. The summed E-state index contributed by atoms with van der Waals surface area (Å²) in [5, 5.41) is 0. The Hall–Kier alpha value is -1.87. The van der Waals surface area contributed by atoms with Crippen LogP contribution in [0.2, 0.25) is 0 Å². The van der Waals surface area contributed by atoms with Crippen molar-refractivity contribution in [2.75, 3.05) is 6.61 Å². The van der Waals surface area contributed by atoms with Crippen LogP contribution in [0.25, 0.3) is 0 Å². The molecule has 0 aliphatic carbocycles. The molecule has 0 amide bonds. The molecule has 3 heteroatoms. The third kappa shape index (κ3) is 2.68. The smallest absolute Gasteiger partial charge is 0.124 e. The largest absolute Gasteiger partial charge is 0.494 e. The molecule has 0 radical (unpaired) electrons. The number of hydrogen-bond acceptors (Lipinski definition) is 2. The fraction of sp³-hybridized carbons (Fsp3) is 0.200. The van der Waals surface area contributed by atoms with Crippen LogP contribution in [0.15, 0.2) is 48.5 Å². The highest BCUT2D eigenvalue weighted by Crippen LogP contribution is 2.28. The first-order valence-electron chi connectivity index (χ1n) is 5.95. The zero-order valence-corrected chi connectivity index (χ0v) is 10.3. The Kier molecular flexibility index (Phi) is 3.95. The van der Waals surface area contributed by atoms with Crippen LogP contribution in [0, 0.1) is 5.82 Å². The van der Waals surface area contributed by atoms with E-state index in [0.717, 1.165) is 16.9 Å². The summed E-state index contributed by atoms with van der Waals surface area (Å²) in [7, 11) is 0. The lowest BCUT2D eigenvalue weighted by Crippen LogP contribution is -2.13. The standard InChI is InChI=1S/C15H16FNO/c1-2-18-14-6-4-3-5-13(14)15(17)11-7-9-12(16)10-8-11/h3-10,15H,2,17H2,1H3. The van der Waals surface area contributed by atoms with Gasteiger partial charge in [0.2, 0.25) is 0 Å². The molecule has 18 heavy (non-hydrogen) atoms. The predicted molar refractivity (Wildman–Crippen MR) is 70.0 cm³/mol. The van der Waals surface area contributed by atoms with Crippen molar-refractivity contribution in [3.8, 4) is 5.75 Å². The minimum absolute atomic E-state index is 0.260. The summed E-state index contributed by atoms with van der Waals surface area (Å²) in [6.07, 6.45) is 0. The molecular weight excluding hydrogens is 229 g/mol. The molecule has 0 aromatic heterocycles. The topological polar surface area (TPSA) is 35.2 Å². The van der Waals surface area contributed by atoms with Crippen LogP contribution in [0.4, 0.5) is 4.39 Å². The van der Waals surface area contributed by atoms with Crippen molar-refractivity contribution in [2.24, 2.45) is 5.73 Å². The number of halogens is 1. The molecule has 2 aromatic rings. The second kappa shape index (κ2) is 5.65. The van der Waals surface area contributed by atoms with Gasteiger partial charge in [-0.3, -0.25) is 0 Å². The summed E-state index contributed by atoms with van der Waals surface area (Å²) in [5.41, 5.74) is 7.97. The molecule has 2 N–H and O–H groups in total. The summed E-state index contributed by atoms with van der Waals surface area (Å²) >= 11 is 0. The van der Waals surface area contributed by atoms with Crippen molar-refractivity contribution < 1.29 is 9.13 Å². The molecule has 0 saturated heterocycles. The molecule has 0 aliphatic rings. The van der Waals surface area contributed by atoms with E-state index in [1.807, 2.05) is 31.2 Å². The normalized spacial score (nSPS) is 12.2. The summed E-state index contributed by atoms with van der Waals surface area (Å²) in [6, 6.07) is 13.6. The maximum atomic E-state index is 12.9. The van der Waals surface area contributed by atoms with Crippen LogP contribution in [-0.2, 0) is 0 Å². The van der Waals surface area contributed by atoms with Gasteiger partial charge in [-0.1, -0.05) is 30.3 Å². The third-order valence-electron chi connectivity index (χ3n) is 2.78. The average molecular weight is 245 g/mol. The van der Waals surface area contributed by atoms with Crippen LogP contribution >= 0.6 is 0 Å². The molecule has 0 saturated carbocycles. The Morgan fingerprint density at radius 1 is 1.11 bits per heavy atom. The van der Waals surface area contributed by atoms with Gasteiger partial charge < -0.3 is 10.5 Å². The Morgan fingerprint density at radius 2 is 1.78 bits per heavy atom. The zero-order chi connectivity index (χ0) is 13.0. The van der Waals surface area contributed by atoms with E-state index in [2.05, 4.69) is 0 Å². The van der Waals surface area contributed by atoms with Gasteiger partial charge in [0.15, 0.2) is 0 Å². The van der Waals surface area contributed by atoms with Crippen LogP contribution in [0.1, 0.15) is 24.1 Å². The molecule has 0 aliphatic heterocycles. The average Bonchev–Trinajstić information content (AvgIpc) is 2.40. The molecule has 0 fully saturated rings. The van der Waals surface area contributed by atoms with Gasteiger partial charge in [0.1, 0.15) is 11.6 Å². The molecule has 1 atom stereocenters. The van der Waals surface area contributed by atoms with E-state index >= 15 is 0 Å². The van der Waals surface area contributed by atoms with E-state index in [1.54, 1.807) is 12.1 Å². The monoisotopic (exact) mass is 245 g/mol. The minimum atomic E-state index is -0.312. The fourth-order valence-corrected chi connectivity index (χ4v) is 1.87. The summed E-state index contributed by atoms with van der Waals surface area (Å²) in [6.45, 7) is 2.52. The van der Waals surface area contributed by atoms with Crippen molar-refractivity contribution in [1.29, 1.82) is 0 Å². The Labute approximate surface area is 106 Å². The summed E-state index contributed by atoms with van der Waals surface area (Å²) in [4.78, 5) is 0. The highest BCUT2D eigenvalue weighted by atomic mass is 19.1. The predicted octanol–water partition coefficient (Wildman–Crippen LogP) is 3.27. The molecule has 2 rings (SSSR count). The van der Waals surface area contributed by atoms with Crippen molar-refractivity contribution >= 4 is 0 Å². The van der Waals surface area contributed by atoms with Gasteiger partial charge in [0.05, 0.1) is 12.6 Å². The Morgan fingerprint density at radius 3 is 2.44 bits per heavy atom. The second-order valence-electron chi connectivity index (χ2n) is 4.00. The minimum Gasteiger partial charge on any atom is -0.494 e. The Balaban J connectivity index is 2.33. The molecule has 0 bridgehead atoms. The molecule has 0 spiro atoms. The number of para-hydroxylation sites is 1. The van der Waals surface area contributed by atoms with E-state index in [4.69, 9.17) is 10.5 Å². The van der Waals surface area contributed by atoms with Crippen molar-refractivity contribution in [2.45, 2.75) is 13.0 Å². The Bertz CT molecular complexity index is 510. The van der Waals surface area contributed by atoms with E-state index < -0.39 is 0 Å². The molecule has 2 nitrogen and oxygen atoms in total. The van der Waals surface area contributed by atoms with E-state index in [9.17, 15) is 4.39 Å². The first-order chi connectivity index (χ1) is 8.72. The van der Waals surface area contributed by atoms with Crippen molar-refractivity contribution in [3.05, 3.63) is 65.5 Å². The second-order valence-corrected chi connectivity index (χ2v) is 4.00. The number of ether oxygens (including phenoxy) is 1. The van der Waals surface area contributed by atoms with Gasteiger partial charge >= 0.3 is 0 Å². The van der Waals surface area contributed by atoms with Gasteiger partial charge in [0, 0.05) is 5.56 Å². The lowest BCUT2D eigenvalue weighted by molar-refractivity contribution is 0.335. The van der Waals surface area contributed by atoms with Crippen LogP contribution < -0.4 is 10.5 Å². The van der Waals surface area contributed by atoms with Crippen LogP contribution in [0.3, 0.4) is 0 Å². The van der Waals surface area contributed by atoms with Gasteiger partial charge in [-0.05, 0) is 30.7 Å². The highest BCUT2D eigenvalue weighted by Gasteiger charge is 2.13. The van der Waals surface area contributed by atoms with Gasteiger partial charge in [-0.15, -0.1) is 0 Å². The highest BCUT2D eigenvalue weighted by molar-refractivity contribution is 5.41. The summed E-state index contributed by atoms with van der Waals surface area (Å²) in [5.74, 6) is 0.515. The number of hydrogen-bond donors (Lipinski definition) is 1. The number of rotatable bonds is 4. The van der Waals surface area contributed by atoms with E-state index in [1.165, 1.54) is 12.1 Å². The first-order valence-corrected chi connectivity index (χ1v) is 5.95. The molecule has 1 unspecified atom stereocenters. The summed E-state index contributed by atoms with van der Waals surface area (Å²) < 4.78 is 18.4. The van der Waals surface area contributed by atoms with E-state index in [0.29, 0.717) is 6.61 Å². The first kappa shape index (κ1) is 12.6. The number of benzene rings is 2. The third-order valence-corrected chi connectivity index (χ3v) is 2.78. The molecule has 0 heterocycles. The van der Waals surface area contributed by atoms with Crippen LogP contribution in [-0.4, -0.2) is 6.61 Å².